The number of amides is 1. The fourth-order valence-corrected chi connectivity index (χ4v) is 3.46. The summed E-state index contributed by atoms with van der Waals surface area (Å²) in [5.41, 5.74) is 8.13. The molecule has 0 bridgehead atoms. The minimum atomic E-state index is -0.612. The number of nitrogens with one attached hydrogen (secondary N) is 2. The van der Waals surface area contributed by atoms with Crippen molar-refractivity contribution in [3.63, 3.8) is 0 Å². The Morgan fingerprint density at radius 1 is 1.11 bits per heavy atom. The van der Waals surface area contributed by atoms with Crippen molar-refractivity contribution in [2.45, 2.75) is 19.5 Å². The van der Waals surface area contributed by atoms with Gasteiger partial charge < -0.3 is 20.9 Å². The minimum absolute atomic E-state index is 0.0396. The first-order valence-electron chi connectivity index (χ1n) is 8.85. The van der Waals surface area contributed by atoms with Crippen LogP contribution in [0.4, 0.5) is 11.4 Å². The second-order valence-electron chi connectivity index (χ2n) is 6.82. The van der Waals surface area contributed by atoms with Crippen molar-refractivity contribution < 1.29 is 4.79 Å². The van der Waals surface area contributed by atoms with Gasteiger partial charge in [0, 0.05) is 31.9 Å². The second kappa shape index (κ2) is 6.80. The summed E-state index contributed by atoms with van der Waals surface area (Å²) in [5.74, 6) is -0.285. The summed E-state index contributed by atoms with van der Waals surface area (Å²) in [6.45, 7) is 1.45. The second-order valence-corrected chi connectivity index (χ2v) is 6.82. The lowest BCUT2D eigenvalue weighted by atomic mass is 9.96. The fraction of sp³-hybridized carbons (Fsp3) is 0.200. The summed E-state index contributed by atoms with van der Waals surface area (Å²) in [4.78, 5) is 50.7. The van der Waals surface area contributed by atoms with Gasteiger partial charge in [0.05, 0.1) is 5.56 Å². The molecule has 1 amide bonds. The van der Waals surface area contributed by atoms with Crippen LogP contribution in [0, 0.1) is 0 Å². The lowest BCUT2D eigenvalue weighted by Crippen LogP contribution is -2.44. The molecule has 0 spiro atoms. The molecule has 3 aromatic rings. The lowest BCUT2D eigenvalue weighted by molar-refractivity contribution is 0.0950. The van der Waals surface area contributed by atoms with Crippen LogP contribution in [-0.2, 0) is 19.5 Å². The highest BCUT2D eigenvalue weighted by molar-refractivity contribution is 5.93. The average Bonchev–Trinajstić information content (AvgIpc) is 2.72. The molecular formula is C20H18N4O4. The molecule has 8 nitrogen and oxygen atoms in total. The van der Waals surface area contributed by atoms with Crippen molar-refractivity contribution in [2.24, 2.45) is 0 Å². The fourth-order valence-electron chi connectivity index (χ4n) is 3.46. The molecule has 8 heteroatoms. The van der Waals surface area contributed by atoms with Gasteiger partial charge in [0.15, 0.2) is 0 Å². The number of fused-ring (bicyclic) bond motifs is 1. The largest absolute Gasteiger partial charge is 0.394 e. The number of nitrogen functional groups attached to an aromatic ring is 1. The van der Waals surface area contributed by atoms with E-state index in [9.17, 15) is 19.2 Å². The third-order valence-corrected chi connectivity index (χ3v) is 5.02. The van der Waals surface area contributed by atoms with Gasteiger partial charge in [-0.1, -0.05) is 18.2 Å². The Balaban J connectivity index is 1.47. The van der Waals surface area contributed by atoms with Crippen molar-refractivity contribution >= 4 is 17.3 Å². The first-order chi connectivity index (χ1) is 13.4. The molecule has 0 radical (unpaired) electrons. The topological polar surface area (TPSA) is 125 Å². The van der Waals surface area contributed by atoms with E-state index in [0.29, 0.717) is 30.9 Å². The van der Waals surface area contributed by atoms with E-state index < -0.39 is 10.9 Å². The van der Waals surface area contributed by atoms with E-state index in [1.165, 1.54) is 23.9 Å². The Kier molecular flexibility index (Phi) is 4.31. The van der Waals surface area contributed by atoms with E-state index in [-0.39, 0.29) is 17.2 Å². The van der Waals surface area contributed by atoms with E-state index in [1.54, 1.807) is 0 Å². The van der Waals surface area contributed by atoms with Crippen LogP contribution in [0.2, 0.25) is 0 Å². The molecule has 0 fully saturated rings. The van der Waals surface area contributed by atoms with Crippen LogP contribution in [-0.4, -0.2) is 17.4 Å². The number of pyridine rings is 1. The highest BCUT2D eigenvalue weighted by Crippen LogP contribution is 2.26. The van der Waals surface area contributed by atoms with Crippen LogP contribution in [0.15, 0.2) is 50.9 Å². The monoisotopic (exact) mass is 378 g/mol. The van der Waals surface area contributed by atoms with Gasteiger partial charge in [0.2, 0.25) is 5.56 Å². The summed E-state index contributed by atoms with van der Waals surface area (Å²) >= 11 is 0. The van der Waals surface area contributed by atoms with Gasteiger partial charge in [-0.3, -0.25) is 19.2 Å². The van der Waals surface area contributed by atoms with Crippen molar-refractivity contribution in [1.29, 1.82) is 0 Å². The molecule has 2 aromatic carbocycles. The number of aromatic nitrogens is 1. The Morgan fingerprint density at radius 2 is 1.93 bits per heavy atom. The van der Waals surface area contributed by atoms with E-state index >= 15 is 0 Å². The van der Waals surface area contributed by atoms with Crippen molar-refractivity contribution in [3.05, 3.63) is 89.6 Å². The Bertz CT molecular complexity index is 1180. The SMILES string of the molecule is Nc1c(N2CCc3ccc(CNC(=O)c4ccc(=O)[nH]c4)cc3C2)c(=O)c1=O. The van der Waals surface area contributed by atoms with Crippen molar-refractivity contribution in [3.8, 4) is 0 Å². The van der Waals surface area contributed by atoms with Crippen LogP contribution >= 0.6 is 0 Å². The maximum Gasteiger partial charge on any atom is 0.253 e. The van der Waals surface area contributed by atoms with E-state index in [2.05, 4.69) is 10.3 Å². The molecule has 1 aliphatic rings. The minimum Gasteiger partial charge on any atom is -0.394 e. The number of nitrogens with two attached hydrogens (primary N) is 1. The average molecular weight is 378 g/mol. The van der Waals surface area contributed by atoms with Crippen LogP contribution < -0.4 is 32.4 Å². The molecular weight excluding hydrogens is 360 g/mol. The summed E-state index contributed by atoms with van der Waals surface area (Å²) in [6, 6.07) is 8.71. The van der Waals surface area contributed by atoms with Gasteiger partial charge in [0.1, 0.15) is 11.4 Å². The van der Waals surface area contributed by atoms with E-state index in [0.717, 1.165) is 17.5 Å². The van der Waals surface area contributed by atoms with Gasteiger partial charge in [-0.2, -0.15) is 0 Å². The first kappa shape index (κ1) is 17.7. The molecule has 0 atom stereocenters. The predicted molar refractivity (Wildman–Crippen MR) is 105 cm³/mol. The maximum absolute atomic E-state index is 12.2. The van der Waals surface area contributed by atoms with E-state index in [1.807, 2.05) is 23.1 Å². The van der Waals surface area contributed by atoms with Crippen molar-refractivity contribution in [2.75, 3.05) is 17.2 Å². The summed E-state index contributed by atoms with van der Waals surface area (Å²) in [7, 11) is 0. The number of carbonyl (C=O) groups is 1. The number of carbonyl (C=O) groups excluding carboxylic acids is 1. The molecule has 0 saturated heterocycles. The Labute approximate surface area is 159 Å². The number of rotatable bonds is 4. The molecule has 0 saturated carbocycles. The molecule has 142 valence electrons. The number of nitrogens with zero attached hydrogens (tertiary/aromatic N) is 1. The number of anilines is 2. The van der Waals surface area contributed by atoms with E-state index in [4.69, 9.17) is 5.73 Å². The number of H-pyrrole nitrogens is 1. The smallest absolute Gasteiger partial charge is 0.253 e. The van der Waals surface area contributed by atoms with Gasteiger partial charge in [-0.25, -0.2) is 0 Å². The number of hydrogen-bond acceptors (Lipinski definition) is 6. The van der Waals surface area contributed by atoms with Crippen LogP contribution in [0.3, 0.4) is 0 Å². The van der Waals surface area contributed by atoms with Crippen LogP contribution in [0.25, 0.3) is 0 Å². The molecule has 2 heterocycles. The van der Waals surface area contributed by atoms with Gasteiger partial charge in [-0.05, 0) is 29.2 Å². The van der Waals surface area contributed by atoms with Gasteiger partial charge in [0.25, 0.3) is 16.8 Å². The molecule has 0 unspecified atom stereocenters. The maximum atomic E-state index is 12.2. The quantitative estimate of drug-likeness (QED) is 0.551. The normalized spacial score (nSPS) is 13.4. The van der Waals surface area contributed by atoms with Gasteiger partial charge in [-0.15, -0.1) is 0 Å². The zero-order chi connectivity index (χ0) is 19.8. The molecule has 1 aliphatic heterocycles. The molecule has 0 aliphatic carbocycles. The zero-order valence-corrected chi connectivity index (χ0v) is 15.0. The summed E-state index contributed by atoms with van der Waals surface area (Å²) in [5, 5.41) is 2.82. The zero-order valence-electron chi connectivity index (χ0n) is 15.0. The molecule has 4 rings (SSSR count). The third-order valence-electron chi connectivity index (χ3n) is 5.02. The number of aromatic amines is 1. The molecule has 1 aromatic heterocycles. The summed E-state index contributed by atoms with van der Waals surface area (Å²) < 4.78 is 0. The van der Waals surface area contributed by atoms with Gasteiger partial charge >= 0.3 is 0 Å². The van der Waals surface area contributed by atoms with Crippen LogP contribution in [0.5, 0.6) is 0 Å². The summed E-state index contributed by atoms with van der Waals surface area (Å²) in [6.07, 6.45) is 2.12. The Hall–Kier alpha value is -3.68. The molecule has 28 heavy (non-hydrogen) atoms. The highest BCUT2D eigenvalue weighted by atomic mass is 16.2. The number of hydrogen-bond donors (Lipinski definition) is 3. The van der Waals surface area contributed by atoms with Crippen LogP contribution in [0.1, 0.15) is 27.0 Å². The first-order valence-corrected chi connectivity index (χ1v) is 8.85. The lowest BCUT2D eigenvalue weighted by Gasteiger charge is -2.32. The molecule has 4 N–H and O–H groups in total. The predicted octanol–water partition coefficient (Wildman–Crippen LogP) is 0.0458. The number of benzene rings is 1. The third kappa shape index (κ3) is 3.09. The Morgan fingerprint density at radius 3 is 2.64 bits per heavy atom. The highest BCUT2D eigenvalue weighted by Gasteiger charge is 2.26. The standard InChI is InChI=1S/C20H18N4O4/c21-16-17(19(27)18(16)26)24-6-5-12-2-1-11(7-14(12)10-24)8-23-20(28)13-3-4-15(25)22-9-13/h1-4,7,9H,5-6,8,10,21H2,(H,22,25)(H,23,28). The van der Waals surface area contributed by atoms with Crippen molar-refractivity contribution in [1.82, 2.24) is 10.3 Å².